The maximum atomic E-state index is 13.5. The van der Waals surface area contributed by atoms with Crippen molar-refractivity contribution in [3.63, 3.8) is 0 Å². The number of thiophene rings is 1. The van der Waals surface area contributed by atoms with Crippen LogP contribution in [0.2, 0.25) is 4.34 Å². The van der Waals surface area contributed by atoms with Gasteiger partial charge in [-0.3, -0.25) is 4.79 Å². The molecule has 1 amide bonds. The van der Waals surface area contributed by atoms with E-state index in [4.69, 9.17) is 16.6 Å². The van der Waals surface area contributed by atoms with Crippen molar-refractivity contribution >= 4 is 65.6 Å². The summed E-state index contributed by atoms with van der Waals surface area (Å²) in [6.07, 6.45) is 2.15. The van der Waals surface area contributed by atoms with Crippen molar-refractivity contribution in [2.75, 3.05) is 37.6 Å². The van der Waals surface area contributed by atoms with E-state index < -0.39 is 16.1 Å². The number of anilines is 1. The third-order valence-electron chi connectivity index (χ3n) is 6.53. The summed E-state index contributed by atoms with van der Waals surface area (Å²) in [5.74, 6) is -0.0960. The Hall–Kier alpha value is -1.72. The number of halogens is 1. The van der Waals surface area contributed by atoms with E-state index >= 15 is 0 Å². The van der Waals surface area contributed by atoms with Crippen molar-refractivity contribution in [2.45, 2.75) is 43.4 Å². The zero-order valence-corrected chi connectivity index (χ0v) is 22.4. The average molecular weight is 539 g/mol. The molecule has 1 atom stereocenters. The lowest BCUT2D eigenvalue weighted by Gasteiger charge is -2.40. The SMILES string of the molecule is Cc1cc(C)c2nc(N3CCN(C(=O)C4CCCCN4S(=O)(=O)c4ccc(Cl)s4)CC3)sc2c1. The van der Waals surface area contributed by atoms with Crippen molar-refractivity contribution in [3.8, 4) is 0 Å². The Bertz CT molecular complexity index is 1330. The molecule has 2 aliphatic rings. The molecule has 7 nitrogen and oxygen atoms in total. The number of amides is 1. The number of carbonyl (C=O) groups excluding carboxylic acids is 1. The van der Waals surface area contributed by atoms with E-state index in [-0.39, 0.29) is 10.1 Å². The van der Waals surface area contributed by atoms with Crippen LogP contribution in [0.25, 0.3) is 10.2 Å². The van der Waals surface area contributed by atoms with Crippen LogP contribution in [-0.2, 0) is 14.8 Å². The zero-order chi connectivity index (χ0) is 24.0. The summed E-state index contributed by atoms with van der Waals surface area (Å²) in [7, 11) is -3.75. The summed E-state index contributed by atoms with van der Waals surface area (Å²) in [6.45, 7) is 7.03. The molecule has 2 fully saturated rings. The maximum absolute atomic E-state index is 13.5. The van der Waals surface area contributed by atoms with Crippen molar-refractivity contribution in [3.05, 3.63) is 39.7 Å². The molecule has 182 valence electrons. The number of hydrogen-bond acceptors (Lipinski definition) is 7. The Morgan fingerprint density at radius 2 is 1.82 bits per heavy atom. The topological polar surface area (TPSA) is 73.8 Å². The number of rotatable bonds is 4. The molecule has 1 unspecified atom stereocenters. The molecule has 0 N–H and O–H groups in total. The Morgan fingerprint density at radius 1 is 1.06 bits per heavy atom. The van der Waals surface area contributed by atoms with Gasteiger partial charge in [0.25, 0.3) is 10.0 Å². The predicted octanol–water partition coefficient (Wildman–Crippen LogP) is 4.52. The molecule has 2 aliphatic heterocycles. The number of hydrogen-bond donors (Lipinski definition) is 0. The number of benzene rings is 1. The number of carbonyl (C=O) groups is 1. The number of nitrogens with zero attached hydrogens (tertiary/aromatic N) is 4. The van der Waals surface area contributed by atoms with Gasteiger partial charge in [0.2, 0.25) is 5.91 Å². The van der Waals surface area contributed by atoms with E-state index in [9.17, 15) is 13.2 Å². The van der Waals surface area contributed by atoms with Gasteiger partial charge >= 0.3 is 0 Å². The van der Waals surface area contributed by atoms with Crippen molar-refractivity contribution in [2.24, 2.45) is 0 Å². The first-order valence-corrected chi connectivity index (χ1v) is 14.9. The molecule has 2 saturated heterocycles. The minimum atomic E-state index is -3.75. The van der Waals surface area contributed by atoms with Crippen LogP contribution in [0.5, 0.6) is 0 Å². The fraction of sp³-hybridized carbons (Fsp3) is 0.478. The van der Waals surface area contributed by atoms with Gasteiger partial charge in [-0.1, -0.05) is 35.4 Å². The van der Waals surface area contributed by atoms with Gasteiger partial charge in [-0.15, -0.1) is 11.3 Å². The van der Waals surface area contributed by atoms with Crippen LogP contribution in [0.15, 0.2) is 28.5 Å². The molecule has 0 spiro atoms. The van der Waals surface area contributed by atoms with E-state index in [1.165, 1.54) is 26.2 Å². The summed E-state index contributed by atoms with van der Waals surface area (Å²) in [5, 5.41) is 0.979. The highest BCUT2D eigenvalue weighted by Crippen LogP contribution is 2.34. The maximum Gasteiger partial charge on any atom is 0.253 e. The van der Waals surface area contributed by atoms with E-state index in [0.717, 1.165) is 34.8 Å². The molecule has 0 saturated carbocycles. The molecule has 11 heteroatoms. The lowest BCUT2D eigenvalue weighted by Crippen LogP contribution is -2.57. The number of thiazole rings is 1. The standard InChI is InChI=1S/C23H27ClN4O3S3/c1-15-13-16(2)21-18(14-15)32-23(25-21)27-11-9-26(10-12-27)22(29)17-5-3-4-8-28(17)34(30,31)20-7-6-19(24)33-20/h6-7,13-14,17H,3-5,8-12H2,1-2H3. The van der Waals surface area contributed by atoms with Gasteiger partial charge in [0.15, 0.2) is 5.13 Å². The Labute approximate surface area is 213 Å². The highest BCUT2D eigenvalue weighted by molar-refractivity contribution is 7.91. The van der Waals surface area contributed by atoms with Crippen LogP contribution in [0, 0.1) is 13.8 Å². The lowest BCUT2D eigenvalue weighted by molar-refractivity contribution is -0.136. The zero-order valence-electron chi connectivity index (χ0n) is 19.2. The molecule has 0 bridgehead atoms. The van der Waals surface area contributed by atoms with Crippen LogP contribution in [0.1, 0.15) is 30.4 Å². The average Bonchev–Trinajstić information content (AvgIpc) is 3.46. The van der Waals surface area contributed by atoms with Gasteiger partial charge in [0, 0.05) is 32.7 Å². The Balaban J connectivity index is 1.29. The van der Waals surface area contributed by atoms with Gasteiger partial charge in [-0.25, -0.2) is 13.4 Å². The fourth-order valence-corrected chi connectivity index (χ4v) is 9.27. The van der Waals surface area contributed by atoms with Crippen molar-refractivity contribution in [1.29, 1.82) is 0 Å². The summed E-state index contributed by atoms with van der Waals surface area (Å²) in [4.78, 5) is 22.4. The molecule has 1 aromatic carbocycles. The minimum absolute atomic E-state index is 0.0960. The monoisotopic (exact) mass is 538 g/mol. The van der Waals surface area contributed by atoms with Crippen LogP contribution < -0.4 is 4.90 Å². The summed E-state index contributed by atoms with van der Waals surface area (Å²) in [6, 6.07) is 6.78. The van der Waals surface area contributed by atoms with Gasteiger partial charge in [-0.05, 0) is 56.0 Å². The van der Waals surface area contributed by atoms with Crippen molar-refractivity contribution in [1.82, 2.24) is 14.2 Å². The third-order valence-corrected chi connectivity index (χ3v) is 11.2. The van der Waals surface area contributed by atoms with Gasteiger partial charge < -0.3 is 9.80 Å². The second-order valence-corrected chi connectivity index (χ2v) is 13.8. The Morgan fingerprint density at radius 3 is 2.53 bits per heavy atom. The van der Waals surface area contributed by atoms with E-state index in [1.54, 1.807) is 17.4 Å². The summed E-state index contributed by atoms with van der Waals surface area (Å²) >= 11 is 8.71. The van der Waals surface area contributed by atoms with Crippen LogP contribution in [0.4, 0.5) is 5.13 Å². The molecular formula is C23H27ClN4O3S3. The molecule has 0 aliphatic carbocycles. The molecule has 5 rings (SSSR count). The third kappa shape index (κ3) is 4.46. The van der Waals surface area contributed by atoms with Gasteiger partial charge in [-0.2, -0.15) is 4.31 Å². The van der Waals surface area contributed by atoms with Gasteiger partial charge in [0.05, 0.1) is 14.6 Å². The van der Waals surface area contributed by atoms with E-state index in [0.29, 0.717) is 43.5 Å². The number of sulfonamides is 1. The second-order valence-electron chi connectivity index (χ2n) is 8.92. The first kappa shape index (κ1) is 24.0. The Kier molecular flexibility index (Phi) is 6.62. The molecule has 3 aromatic rings. The normalized spacial score (nSPS) is 20.3. The number of aryl methyl sites for hydroxylation is 2. The summed E-state index contributed by atoms with van der Waals surface area (Å²) in [5.41, 5.74) is 3.45. The molecule has 2 aromatic heterocycles. The van der Waals surface area contributed by atoms with E-state index in [1.807, 2.05) is 4.90 Å². The van der Waals surface area contributed by atoms with Crippen LogP contribution in [-0.4, -0.2) is 67.3 Å². The lowest BCUT2D eigenvalue weighted by atomic mass is 10.0. The first-order valence-electron chi connectivity index (χ1n) is 11.4. The number of piperazine rings is 1. The number of aromatic nitrogens is 1. The van der Waals surface area contributed by atoms with Crippen LogP contribution >= 0.6 is 34.3 Å². The highest BCUT2D eigenvalue weighted by atomic mass is 35.5. The largest absolute Gasteiger partial charge is 0.345 e. The van der Waals surface area contributed by atoms with E-state index in [2.05, 4.69) is 30.9 Å². The number of piperidine rings is 1. The first-order chi connectivity index (χ1) is 16.2. The van der Waals surface area contributed by atoms with Crippen LogP contribution in [0.3, 0.4) is 0 Å². The van der Waals surface area contributed by atoms with Gasteiger partial charge in [0.1, 0.15) is 10.3 Å². The molecule has 0 radical (unpaired) electrons. The van der Waals surface area contributed by atoms with Crippen molar-refractivity contribution < 1.29 is 13.2 Å². The predicted molar refractivity (Wildman–Crippen MR) is 139 cm³/mol. The quantitative estimate of drug-likeness (QED) is 0.488. The smallest absolute Gasteiger partial charge is 0.253 e. The second kappa shape index (κ2) is 9.39. The highest BCUT2D eigenvalue weighted by Gasteiger charge is 2.40. The molecular weight excluding hydrogens is 512 g/mol. The summed E-state index contributed by atoms with van der Waals surface area (Å²) < 4.78 is 29.7. The fourth-order valence-electron chi connectivity index (χ4n) is 4.81. The molecule has 34 heavy (non-hydrogen) atoms. The minimum Gasteiger partial charge on any atom is -0.345 e. The number of fused-ring (bicyclic) bond motifs is 1. The molecule has 4 heterocycles.